The first-order valence-corrected chi connectivity index (χ1v) is 10.3. The number of halogens is 4. The Morgan fingerprint density at radius 2 is 1.94 bits per heavy atom. The monoisotopic (exact) mass is 463 g/mol. The van der Waals surface area contributed by atoms with Crippen LogP contribution in [0.1, 0.15) is 37.2 Å². The van der Waals surface area contributed by atoms with E-state index in [1.165, 1.54) is 15.4 Å². The molecule has 0 aliphatic heterocycles. The number of alkyl halides is 3. The van der Waals surface area contributed by atoms with Gasteiger partial charge in [-0.1, -0.05) is 11.6 Å². The summed E-state index contributed by atoms with van der Waals surface area (Å²) in [6, 6.07) is 2.13. The molecule has 1 atom stereocenters. The molecular formula is C19H17ClF3N9. The zero-order valence-electron chi connectivity index (χ0n) is 16.8. The quantitative estimate of drug-likeness (QED) is 0.430. The number of fused-ring (bicyclic) bond motifs is 1. The minimum atomic E-state index is -4.56. The second-order valence-electron chi connectivity index (χ2n) is 7.62. The van der Waals surface area contributed by atoms with E-state index in [0.29, 0.717) is 24.2 Å². The second kappa shape index (κ2) is 7.69. The summed E-state index contributed by atoms with van der Waals surface area (Å²) in [6.07, 6.45) is 3.04. The van der Waals surface area contributed by atoms with Gasteiger partial charge in [0.1, 0.15) is 6.33 Å². The van der Waals surface area contributed by atoms with Crippen LogP contribution < -0.4 is 4.90 Å². The van der Waals surface area contributed by atoms with Crippen LogP contribution >= 0.6 is 11.6 Å². The molecule has 0 saturated heterocycles. The third-order valence-electron chi connectivity index (χ3n) is 5.33. The van der Waals surface area contributed by atoms with Crippen molar-refractivity contribution in [3.8, 4) is 5.95 Å². The van der Waals surface area contributed by atoms with Crippen molar-refractivity contribution in [1.29, 1.82) is 0 Å². The number of rotatable bonds is 6. The summed E-state index contributed by atoms with van der Waals surface area (Å²) < 4.78 is 43.0. The summed E-state index contributed by atoms with van der Waals surface area (Å²) in [7, 11) is 0. The average molecular weight is 464 g/mol. The maximum Gasteiger partial charge on any atom is 0.417 e. The van der Waals surface area contributed by atoms with Crippen molar-refractivity contribution in [2.75, 3.05) is 11.4 Å². The Morgan fingerprint density at radius 3 is 2.62 bits per heavy atom. The standard InChI is InChI=1S/C19H17ClF3N9/c1-11(15-26-10-27-32(15)17-24-5-2-6-25-17)30(8-12-3-4-12)18-29-28-16-14(20)7-13(9-31(16)18)19(21,22)23/h2,5-7,9-12H,3-4,8H2,1H3. The van der Waals surface area contributed by atoms with Crippen molar-refractivity contribution in [1.82, 2.24) is 39.3 Å². The molecule has 0 spiro atoms. The van der Waals surface area contributed by atoms with Crippen molar-refractivity contribution in [3.05, 3.63) is 53.5 Å². The zero-order valence-corrected chi connectivity index (χ0v) is 17.5. The van der Waals surface area contributed by atoms with Gasteiger partial charge >= 0.3 is 6.18 Å². The lowest BCUT2D eigenvalue weighted by Crippen LogP contribution is -2.33. The molecule has 13 heteroatoms. The van der Waals surface area contributed by atoms with E-state index in [9.17, 15) is 13.2 Å². The van der Waals surface area contributed by atoms with Crippen molar-refractivity contribution < 1.29 is 13.2 Å². The average Bonchev–Trinajstić information content (AvgIpc) is 3.28. The van der Waals surface area contributed by atoms with Crippen molar-refractivity contribution >= 4 is 23.2 Å². The molecule has 1 unspecified atom stereocenters. The predicted molar refractivity (Wildman–Crippen MR) is 108 cm³/mol. The smallest absolute Gasteiger partial charge is 0.330 e. The van der Waals surface area contributed by atoms with Crippen LogP contribution in [0, 0.1) is 5.92 Å². The first-order valence-electron chi connectivity index (χ1n) is 9.88. The van der Waals surface area contributed by atoms with E-state index >= 15 is 0 Å². The highest BCUT2D eigenvalue weighted by molar-refractivity contribution is 6.33. The van der Waals surface area contributed by atoms with Gasteiger partial charge < -0.3 is 4.90 Å². The maximum atomic E-state index is 13.4. The number of hydrogen-bond donors (Lipinski definition) is 0. The van der Waals surface area contributed by atoms with Crippen molar-refractivity contribution in [3.63, 3.8) is 0 Å². The summed E-state index contributed by atoms with van der Waals surface area (Å²) >= 11 is 6.10. The SMILES string of the molecule is CC(c1ncnn1-c1ncccn1)N(CC1CC1)c1nnc2c(Cl)cc(C(F)(F)F)cn12. The van der Waals surface area contributed by atoms with Gasteiger partial charge in [0.15, 0.2) is 11.5 Å². The molecule has 1 aliphatic rings. The van der Waals surface area contributed by atoms with Crippen LogP contribution in [0.25, 0.3) is 11.6 Å². The summed E-state index contributed by atoms with van der Waals surface area (Å²) in [5.41, 5.74) is -0.730. The largest absolute Gasteiger partial charge is 0.417 e. The molecule has 0 N–H and O–H groups in total. The van der Waals surface area contributed by atoms with Crippen molar-refractivity contribution in [2.24, 2.45) is 5.92 Å². The van der Waals surface area contributed by atoms with Crippen LogP contribution in [-0.2, 0) is 6.18 Å². The Bertz CT molecular complexity index is 1250. The van der Waals surface area contributed by atoms with Gasteiger partial charge in [-0.15, -0.1) is 10.2 Å². The minimum Gasteiger partial charge on any atom is -0.330 e. The van der Waals surface area contributed by atoms with Crippen molar-refractivity contribution in [2.45, 2.75) is 32.0 Å². The highest BCUT2D eigenvalue weighted by atomic mass is 35.5. The lowest BCUT2D eigenvalue weighted by molar-refractivity contribution is -0.137. The lowest BCUT2D eigenvalue weighted by atomic mass is 10.2. The fourth-order valence-corrected chi connectivity index (χ4v) is 3.76. The highest BCUT2D eigenvalue weighted by Crippen LogP contribution is 2.37. The normalized spacial score (nSPS) is 15.3. The van der Waals surface area contributed by atoms with E-state index in [-0.39, 0.29) is 16.6 Å². The molecule has 1 aliphatic carbocycles. The molecule has 166 valence electrons. The van der Waals surface area contributed by atoms with Gasteiger partial charge in [-0.3, -0.25) is 4.40 Å². The zero-order chi connectivity index (χ0) is 22.5. The predicted octanol–water partition coefficient (Wildman–Crippen LogP) is 3.75. The number of nitrogens with zero attached hydrogens (tertiary/aromatic N) is 9. The van der Waals surface area contributed by atoms with Gasteiger partial charge in [-0.2, -0.15) is 23.0 Å². The highest BCUT2D eigenvalue weighted by Gasteiger charge is 2.35. The van der Waals surface area contributed by atoms with E-state index < -0.39 is 17.8 Å². The van der Waals surface area contributed by atoms with Crippen LogP contribution in [0.3, 0.4) is 0 Å². The van der Waals surface area contributed by atoms with Gasteiger partial charge in [0.2, 0.25) is 5.95 Å². The molecule has 9 nitrogen and oxygen atoms in total. The number of pyridine rings is 1. The molecule has 4 aromatic heterocycles. The molecular weight excluding hydrogens is 447 g/mol. The number of aromatic nitrogens is 8. The molecule has 0 amide bonds. The van der Waals surface area contributed by atoms with E-state index in [1.807, 2.05) is 11.8 Å². The Hall–Kier alpha value is -3.28. The second-order valence-corrected chi connectivity index (χ2v) is 8.03. The summed E-state index contributed by atoms with van der Waals surface area (Å²) in [5, 5.41) is 12.3. The Labute approximate surface area is 184 Å². The van der Waals surface area contributed by atoms with Gasteiger partial charge in [0.25, 0.3) is 5.95 Å². The van der Waals surface area contributed by atoms with Gasteiger partial charge in [0.05, 0.1) is 16.6 Å². The third-order valence-corrected chi connectivity index (χ3v) is 5.61. The number of anilines is 1. The Balaban J connectivity index is 1.61. The fraction of sp³-hybridized carbons (Fsp3) is 0.368. The molecule has 4 aromatic rings. The molecule has 4 heterocycles. The molecule has 0 aromatic carbocycles. The fourth-order valence-electron chi connectivity index (χ4n) is 3.51. The Kier molecular flexibility index (Phi) is 4.96. The minimum absolute atomic E-state index is 0.126. The molecule has 1 fully saturated rings. The first kappa shape index (κ1) is 20.6. The summed E-state index contributed by atoms with van der Waals surface area (Å²) in [5.74, 6) is 1.50. The van der Waals surface area contributed by atoms with Gasteiger partial charge in [-0.05, 0) is 37.8 Å². The third kappa shape index (κ3) is 3.74. The van der Waals surface area contributed by atoms with E-state index in [2.05, 4.69) is 30.2 Å². The van der Waals surface area contributed by atoms with Gasteiger partial charge in [0, 0.05) is 25.1 Å². The summed E-state index contributed by atoms with van der Waals surface area (Å²) in [6.45, 7) is 2.44. The molecule has 0 bridgehead atoms. The summed E-state index contributed by atoms with van der Waals surface area (Å²) in [4.78, 5) is 14.7. The van der Waals surface area contributed by atoms with Gasteiger partial charge in [-0.25, -0.2) is 15.0 Å². The van der Waals surface area contributed by atoms with E-state index in [0.717, 1.165) is 25.1 Å². The molecule has 0 radical (unpaired) electrons. The van der Waals surface area contributed by atoms with Crippen LogP contribution in [0.2, 0.25) is 5.02 Å². The first-order chi connectivity index (χ1) is 15.3. The van der Waals surface area contributed by atoms with Crippen LogP contribution in [0.4, 0.5) is 19.1 Å². The topological polar surface area (TPSA) is 89.9 Å². The molecule has 5 rings (SSSR count). The maximum absolute atomic E-state index is 13.4. The van der Waals surface area contributed by atoms with E-state index in [1.54, 1.807) is 18.5 Å². The molecule has 32 heavy (non-hydrogen) atoms. The molecule has 1 saturated carbocycles. The Morgan fingerprint density at radius 1 is 1.19 bits per heavy atom. The van der Waals surface area contributed by atoms with Crippen LogP contribution in [0.5, 0.6) is 0 Å². The van der Waals surface area contributed by atoms with E-state index in [4.69, 9.17) is 11.6 Å². The van der Waals surface area contributed by atoms with Crippen LogP contribution in [0.15, 0.2) is 37.1 Å². The number of hydrogen-bond acceptors (Lipinski definition) is 7. The lowest BCUT2D eigenvalue weighted by Gasteiger charge is -2.28. The van der Waals surface area contributed by atoms with Crippen LogP contribution in [-0.4, -0.2) is 45.9 Å².